The molecule has 33 heavy (non-hydrogen) atoms. The third-order valence-electron chi connectivity index (χ3n) is 5.66. The molecular weight excluding hydrogens is 424 g/mol. The van der Waals surface area contributed by atoms with Gasteiger partial charge in [0.1, 0.15) is 11.5 Å². The molecule has 2 N–H and O–H groups in total. The lowest BCUT2D eigenvalue weighted by molar-refractivity contribution is 0.210. The number of phenols is 2. The van der Waals surface area contributed by atoms with Crippen molar-refractivity contribution in [2.45, 2.75) is 105 Å². The van der Waals surface area contributed by atoms with Gasteiger partial charge in [-0.05, 0) is 94.9 Å². The minimum absolute atomic E-state index is 0.119. The van der Waals surface area contributed by atoms with E-state index in [9.17, 15) is 10.2 Å². The Morgan fingerprint density at radius 1 is 0.576 bits per heavy atom. The molecule has 0 amide bonds. The molecule has 0 aliphatic carbocycles. The minimum atomic E-state index is 0.119. The summed E-state index contributed by atoms with van der Waals surface area (Å²) in [5.41, 5.74) is 3.10. The highest BCUT2D eigenvalue weighted by atomic mass is 32.2. The zero-order chi connectivity index (χ0) is 25.2. The van der Waals surface area contributed by atoms with Crippen LogP contribution in [0.25, 0.3) is 0 Å². The Kier molecular flexibility index (Phi) is 8.32. The Hall–Kier alpha value is -1.61. The third kappa shape index (κ3) is 9.65. The van der Waals surface area contributed by atoms with Gasteiger partial charge < -0.3 is 10.2 Å². The maximum atomic E-state index is 10.2. The fraction of sp³-hybridized carbons (Fsp3) is 0.600. The molecule has 0 aromatic heterocycles. The summed E-state index contributed by atoms with van der Waals surface area (Å²) in [6.07, 6.45) is 4.02. The minimum Gasteiger partial charge on any atom is -0.508 e. The van der Waals surface area contributed by atoms with E-state index >= 15 is 0 Å². The highest BCUT2D eigenvalue weighted by molar-refractivity contribution is 7.99. The van der Waals surface area contributed by atoms with Gasteiger partial charge in [-0.2, -0.15) is 0 Å². The summed E-state index contributed by atoms with van der Waals surface area (Å²) in [6, 6.07) is 11.5. The largest absolute Gasteiger partial charge is 0.508 e. The first-order valence-corrected chi connectivity index (χ1v) is 13.0. The summed E-state index contributed by atoms with van der Waals surface area (Å²) >= 11 is 1.75. The molecule has 0 heterocycles. The molecule has 2 nitrogen and oxygen atoms in total. The molecule has 0 aliphatic heterocycles. The molecule has 2 rings (SSSR count). The van der Waals surface area contributed by atoms with Gasteiger partial charge in [-0.25, -0.2) is 0 Å². The van der Waals surface area contributed by atoms with Gasteiger partial charge >= 0.3 is 0 Å². The van der Waals surface area contributed by atoms with Crippen molar-refractivity contribution in [3.05, 3.63) is 47.5 Å². The lowest BCUT2D eigenvalue weighted by Gasteiger charge is -2.33. The summed E-state index contributed by atoms with van der Waals surface area (Å²) in [7, 11) is 0. The van der Waals surface area contributed by atoms with Crippen molar-refractivity contribution in [1.82, 2.24) is 0 Å². The molecule has 0 atom stereocenters. The van der Waals surface area contributed by atoms with Crippen molar-refractivity contribution in [3.8, 4) is 11.5 Å². The van der Waals surface area contributed by atoms with Crippen LogP contribution in [-0.2, 0) is 12.8 Å². The average molecular weight is 471 g/mol. The molecule has 0 fully saturated rings. The Labute approximate surface area is 207 Å². The lowest BCUT2D eigenvalue weighted by Crippen LogP contribution is -2.23. The number of phenolic OH excluding ortho intramolecular Hbond substituents is 2. The third-order valence-corrected chi connectivity index (χ3v) is 6.90. The highest BCUT2D eigenvalue weighted by Gasteiger charge is 2.29. The van der Waals surface area contributed by atoms with Crippen LogP contribution in [0.2, 0.25) is 0 Å². The fourth-order valence-electron chi connectivity index (χ4n) is 5.75. The predicted molar refractivity (Wildman–Crippen MR) is 143 cm³/mol. The van der Waals surface area contributed by atoms with Crippen LogP contribution in [0.3, 0.4) is 0 Å². The lowest BCUT2D eigenvalue weighted by atomic mass is 9.73. The number of aromatic hydroxyl groups is 2. The van der Waals surface area contributed by atoms with Crippen LogP contribution in [0, 0.1) is 21.7 Å². The highest BCUT2D eigenvalue weighted by Crippen LogP contribution is 2.43. The number of benzene rings is 2. The van der Waals surface area contributed by atoms with E-state index < -0.39 is 0 Å². The van der Waals surface area contributed by atoms with Crippen LogP contribution < -0.4 is 0 Å². The molecular formula is C30H46O2S. The first-order chi connectivity index (χ1) is 14.8. The summed E-state index contributed by atoms with van der Waals surface area (Å²) in [5, 5.41) is 20.5. The standard InChI is InChI=1S/C30H46O2S/c1-27(2,3)19-29(7,8)17-21-15-23(31)11-13-25(21)33-26-14-12-24(32)16-22(26)18-30(9,10)20-28(4,5)6/h11-16,31-32H,17-20H2,1-10H3. The zero-order valence-corrected chi connectivity index (χ0v) is 23.4. The van der Waals surface area contributed by atoms with Crippen molar-refractivity contribution in [3.63, 3.8) is 0 Å². The molecule has 0 saturated heterocycles. The second-order valence-corrected chi connectivity index (χ2v) is 14.9. The summed E-state index contributed by atoms with van der Waals surface area (Å²) in [5.74, 6) is 0.635. The fourth-order valence-corrected chi connectivity index (χ4v) is 6.79. The molecule has 0 radical (unpaired) electrons. The number of hydrogen-bond acceptors (Lipinski definition) is 3. The summed E-state index contributed by atoms with van der Waals surface area (Å²) in [6.45, 7) is 23.0. The topological polar surface area (TPSA) is 40.5 Å². The Balaban J connectivity index is 2.38. The summed E-state index contributed by atoms with van der Waals surface area (Å²) in [4.78, 5) is 2.35. The molecule has 2 aromatic carbocycles. The van der Waals surface area contributed by atoms with E-state index in [4.69, 9.17) is 0 Å². The van der Waals surface area contributed by atoms with Crippen LogP contribution in [0.5, 0.6) is 11.5 Å². The van der Waals surface area contributed by atoms with E-state index in [0.29, 0.717) is 11.5 Å². The van der Waals surface area contributed by atoms with E-state index in [-0.39, 0.29) is 21.7 Å². The van der Waals surface area contributed by atoms with Crippen LogP contribution in [-0.4, -0.2) is 10.2 Å². The van der Waals surface area contributed by atoms with Gasteiger partial charge in [0.05, 0.1) is 0 Å². The van der Waals surface area contributed by atoms with Gasteiger partial charge in [0, 0.05) is 9.79 Å². The molecule has 0 saturated carbocycles. The van der Waals surface area contributed by atoms with Gasteiger partial charge in [0.25, 0.3) is 0 Å². The van der Waals surface area contributed by atoms with Crippen LogP contribution in [0.15, 0.2) is 46.2 Å². The molecule has 0 spiro atoms. The van der Waals surface area contributed by atoms with Crippen LogP contribution in [0.1, 0.15) is 93.2 Å². The van der Waals surface area contributed by atoms with E-state index in [1.807, 2.05) is 24.3 Å². The summed E-state index contributed by atoms with van der Waals surface area (Å²) < 4.78 is 0. The van der Waals surface area contributed by atoms with Gasteiger partial charge in [-0.3, -0.25) is 0 Å². The Morgan fingerprint density at radius 2 is 0.909 bits per heavy atom. The second kappa shape index (κ2) is 9.94. The van der Waals surface area contributed by atoms with Crippen molar-refractivity contribution < 1.29 is 10.2 Å². The Morgan fingerprint density at radius 3 is 1.21 bits per heavy atom. The van der Waals surface area contributed by atoms with Crippen molar-refractivity contribution in [2.24, 2.45) is 21.7 Å². The molecule has 0 aliphatic rings. The van der Waals surface area contributed by atoms with Gasteiger partial charge in [-0.1, -0.05) is 81.0 Å². The Bertz CT molecular complexity index is 865. The normalized spacial score (nSPS) is 13.4. The quantitative estimate of drug-likeness (QED) is 0.404. The smallest absolute Gasteiger partial charge is 0.115 e. The van der Waals surface area contributed by atoms with E-state index in [1.165, 1.54) is 20.9 Å². The van der Waals surface area contributed by atoms with Crippen molar-refractivity contribution in [1.29, 1.82) is 0 Å². The molecule has 184 valence electrons. The molecule has 0 bridgehead atoms. The monoisotopic (exact) mass is 470 g/mol. The average Bonchev–Trinajstić information content (AvgIpc) is 2.54. The van der Waals surface area contributed by atoms with Gasteiger partial charge in [-0.15, -0.1) is 0 Å². The predicted octanol–water partition coefficient (Wildman–Crippen LogP) is 9.26. The first kappa shape index (κ1) is 27.6. The van der Waals surface area contributed by atoms with E-state index in [1.54, 1.807) is 23.9 Å². The molecule has 0 unspecified atom stereocenters. The zero-order valence-electron chi connectivity index (χ0n) is 22.6. The van der Waals surface area contributed by atoms with E-state index in [0.717, 1.165) is 25.7 Å². The van der Waals surface area contributed by atoms with Crippen molar-refractivity contribution >= 4 is 11.8 Å². The van der Waals surface area contributed by atoms with Crippen LogP contribution >= 0.6 is 11.8 Å². The number of hydrogen-bond donors (Lipinski definition) is 2. The van der Waals surface area contributed by atoms with E-state index in [2.05, 4.69) is 69.2 Å². The maximum absolute atomic E-state index is 10.2. The van der Waals surface area contributed by atoms with Gasteiger partial charge in [0.15, 0.2) is 0 Å². The number of rotatable bonds is 8. The van der Waals surface area contributed by atoms with Crippen molar-refractivity contribution in [2.75, 3.05) is 0 Å². The molecule has 2 aromatic rings. The molecule has 3 heteroatoms. The first-order valence-electron chi connectivity index (χ1n) is 12.2. The van der Waals surface area contributed by atoms with Gasteiger partial charge in [0.2, 0.25) is 0 Å². The van der Waals surface area contributed by atoms with Crippen LogP contribution in [0.4, 0.5) is 0 Å². The second-order valence-electron chi connectivity index (χ2n) is 13.8. The SMILES string of the molecule is CC(C)(C)CC(C)(C)Cc1cc(O)ccc1Sc1ccc(O)cc1CC(C)(C)CC(C)(C)C. The maximum Gasteiger partial charge on any atom is 0.115 e.